The molecule has 1 aliphatic rings. The van der Waals surface area contributed by atoms with Crippen molar-refractivity contribution >= 4 is 44.0 Å². The van der Waals surface area contributed by atoms with E-state index in [-0.39, 0.29) is 11.9 Å². The maximum atomic E-state index is 13.0. The summed E-state index contributed by atoms with van der Waals surface area (Å²) in [6, 6.07) is 15.5. The monoisotopic (exact) mass is 492 g/mol. The molecular weight excluding hydrogens is 468 g/mol. The number of ketones is 1. The van der Waals surface area contributed by atoms with Crippen LogP contribution in [0.2, 0.25) is 0 Å². The predicted molar refractivity (Wildman–Crippen MR) is 130 cm³/mol. The molecule has 4 rings (SSSR count). The first kappa shape index (κ1) is 22.3. The lowest BCUT2D eigenvalue weighted by Crippen LogP contribution is -2.49. The number of hydrogen-bond acceptors (Lipinski definition) is 6. The van der Waals surface area contributed by atoms with Crippen LogP contribution in [0, 0.1) is 11.3 Å². The van der Waals surface area contributed by atoms with Crippen LogP contribution in [0.15, 0.2) is 53.1 Å². The Hall–Kier alpha value is -2.95. The predicted octanol–water partition coefficient (Wildman–Crippen LogP) is 4.64. The fourth-order valence-electron chi connectivity index (χ4n) is 4.29. The molecule has 0 bridgehead atoms. The summed E-state index contributed by atoms with van der Waals surface area (Å²) in [4.78, 5) is 19.6. The summed E-state index contributed by atoms with van der Waals surface area (Å²) in [7, 11) is 0. The number of fused-ring (bicyclic) bond motifs is 1. The Kier molecular flexibility index (Phi) is 6.73. The van der Waals surface area contributed by atoms with E-state index in [1.807, 2.05) is 43.3 Å². The molecule has 2 heterocycles. The molecule has 0 saturated carbocycles. The Balaban J connectivity index is 1.47. The molecule has 0 spiro atoms. The molecule has 1 fully saturated rings. The number of nitrogens with two attached hydrogens (primary N) is 1. The first-order valence-electron chi connectivity index (χ1n) is 10.7. The van der Waals surface area contributed by atoms with Gasteiger partial charge in [0.25, 0.3) is 0 Å². The smallest absolute Gasteiger partial charge is 0.163 e. The van der Waals surface area contributed by atoms with Crippen molar-refractivity contribution in [2.45, 2.75) is 38.4 Å². The highest BCUT2D eigenvalue weighted by molar-refractivity contribution is 9.10. The number of rotatable bonds is 6. The second kappa shape index (κ2) is 9.68. The molecule has 2 atom stereocenters. The molecule has 164 valence electrons. The van der Waals surface area contributed by atoms with Crippen LogP contribution in [0.3, 0.4) is 0 Å². The highest BCUT2D eigenvalue weighted by Crippen LogP contribution is 2.31. The largest absolute Gasteiger partial charge is 0.398 e. The number of anilines is 2. The average molecular weight is 493 g/mol. The van der Waals surface area contributed by atoms with Crippen molar-refractivity contribution in [3.05, 3.63) is 64.3 Å². The van der Waals surface area contributed by atoms with Crippen LogP contribution in [-0.4, -0.2) is 36.1 Å². The van der Waals surface area contributed by atoms with Gasteiger partial charge in [-0.2, -0.15) is 5.26 Å². The number of hydrogen-bond donors (Lipinski definition) is 1. The van der Waals surface area contributed by atoms with Crippen molar-refractivity contribution < 1.29 is 9.53 Å². The first-order valence-corrected chi connectivity index (χ1v) is 11.5. The molecule has 0 radical (unpaired) electrons. The van der Waals surface area contributed by atoms with Gasteiger partial charge in [0.15, 0.2) is 5.78 Å². The molecule has 32 heavy (non-hydrogen) atoms. The Morgan fingerprint density at radius 3 is 2.91 bits per heavy atom. The van der Waals surface area contributed by atoms with E-state index in [0.717, 1.165) is 33.2 Å². The van der Waals surface area contributed by atoms with Crippen molar-refractivity contribution in [3.63, 3.8) is 0 Å². The summed E-state index contributed by atoms with van der Waals surface area (Å²) < 4.78 is 6.99. The van der Waals surface area contributed by atoms with Crippen molar-refractivity contribution in [3.8, 4) is 6.07 Å². The first-order chi connectivity index (χ1) is 15.5. The highest BCUT2D eigenvalue weighted by atomic mass is 79.9. The van der Waals surface area contributed by atoms with Gasteiger partial charge in [-0.3, -0.25) is 9.78 Å². The molecule has 6 nitrogen and oxygen atoms in total. The van der Waals surface area contributed by atoms with E-state index in [4.69, 9.17) is 10.5 Å². The zero-order chi connectivity index (χ0) is 22.7. The molecule has 2 N–H and O–H groups in total. The van der Waals surface area contributed by atoms with E-state index in [1.54, 1.807) is 12.3 Å². The van der Waals surface area contributed by atoms with Crippen LogP contribution in [-0.2, 0) is 16.0 Å². The average Bonchev–Trinajstić information content (AvgIpc) is 2.79. The molecule has 0 amide bonds. The van der Waals surface area contributed by atoms with E-state index >= 15 is 0 Å². The van der Waals surface area contributed by atoms with Crippen molar-refractivity contribution in [2.24, 2.45) is 0 Å². The Bertz CT molecular complexity index is 1170. The number of Topliss-reactive ketones (excluding diaryl/α,β-unsaturated/α-hetero) is 1. The van der Waals surface area contributed by atoms with Gasteiger partial charge in [0, 0.05) is 40.4 Å². The van der Waals surface area contributed by atoms with Crippen molar-refractivity contribution in [2.75, 3.05) is 23.7 Å². The summed E-state index contributed by atoms with van der Waals surface area (Å²) in [6.45, 7) is 3.14. The quantitative estimate of drug-likeness (QED) is 0.504. The Morgan fingerprint density at radius 1 is 1.28 bits per heavy atom. The van der Waals surface area contributed by atoms with Gasteiger partial charge in [-0.25, -0.2) is 0 Å². The van der Waals surface area contributed by atoms with Gasteiger partial charge in [-0.15, -0.1) is 0 Å². The van der Waals surface area contributed by atoms with E-state index in [9.17, 15) is 10.1 Å². The van der Waals surface area contributed by atoms with Gasteiger partial charge < -0.3 is 15.4 Å². The molecule has 3 aromatic rings. The summed E-state index contributed by atoms with van der Waals surface area (Å²) in [5.41, 5.74) is 10.1. The van der Waals surface area contributed by atoms with Crippen LogP contribution in [0.1, 0.15) is 30.9 Å². The zero-order valence-corrected chi connectivity index (χ0v) is 19.5. The number of morpholine rings is 1. The third-order valence-corrected chi connectivity index (χ3v) is 6.58. The maximum Gasteiger partial charge on any atom is 0.163 e. The van der Waals surface area contributed by atoms with E-state index in [0.29, 0.717) is 37.0 Å². The Labute approximate surface area is 196 Å². The molecule has 1 aromatic heterocycles. The summed E-state index contributed by atoms with van der Waals surface area (Å²) >= 11 is 3.54. The normalized spacial score (nSPS) is 18.5. The second-order valence-electron chi connectivity index (χ2n) is 8.11. The van der Waals surface area contributed by atoms with Crippen LogP contribution in [0.25, 0.3) is 10.9 Å². The minimum absolute atomic E-state index is 0.0843. The number of carbonyl (C=O) groups excluding carboxylic acids is 1. The summed E-state index contributed by atoms with van der Waals surface area (Å²) in [6.07, 6.45) is 3.00. The van der Waals surface area contributed by atoms with E-state index in [1.165, 1.54) is 0 Å². The number of pyridine rings is 1. The van der Waals surface area contributed by atoms with Crippen LogP contribution in [0.5, 0.6) is 0 Å². The number of nitrogens with zero attached hydrogens (tertiary/aromatic N) is 3. The van der Waals surface area contributed by atoms with Gasteiger partial charge >= 0.3 is 0 Å². The summed E-state index contributed by atoms with van der Waals surface area (Å²) in [5.74, 6) is 0.100. The molecule has 1 saturated heterocycles. The lowest BCUT2D eigenvalue weighted by Gasteiger charge is -2.38. The van der Waals surface area contributed by atoms with Crippen LogP contribution >= 0.6 is 15.9 Å². The number of aromatic nitrogens is 1. The molecule has 1 aliphatic heterocycles. The number of ether oxygens (including phenoxy) is 1. The third kappa shape index (κ3) is 4.62. The number of benzene rings is 2. The molecule has 2 aromatic carbocycles. The minimum atomic E-state index is -0.488. The second-order valence-corrected chi connectivity index (χ2v) is 8.97. The lowest BCUT2D eigenvalue weighted by atomic mass is 10.0. The third-order valence-electron chi connectivity index (χ3n) is 5.83. The highest BCUT2D eigenvalue weighted by Gasteiger charge is 2.31. The van der Waals surface area contributed by atoms with Gasteiger partial charge in [-0.1, -0.05) is 22.0 Å². The molecule has 0 aliphatic carbocycles. The SMILES string of the molecule is C[C@@H]1CN(c2ccc(C#N)c3ncccc23)C[C@H](C(=O)CCCc2c(N)cccc2Br)O1. The van der Waals surface area contributed by atoms with Gasteiger partial charge in [0.05, 0.1) is 23.7 Å². The molecule has 7 heteroatoms. The summed E-state index contributed by atoms with van der Waals surface area (Å²) in [5, 5.41) is 10.3. The standard InChI is InChI=1S/C25H25BrN4O2/c1-16-14-30(22-11-10-17(13-27)25-19(22)6-4-12-29-25)15-24(32-16)23(31)9-2-5-18-20(26)7-3-8-21(18)28/h3-4,6-8,10-12,16,24H,2,5,9,14-15,28H2,1H3/t16-,24-/m1/s1. The van der Waals surface area contributed by atoms with Crippen molar-refractivity contribution in [1.29, 1.82) is 5.26 Å². The van der Waals surface area contributed by atoms with Gasteiger partial charge in [0.1, 0.15) is 12.2 Å². The van der Waals surface area contributed by atoms with Gasteiger partial charge in [-0.05, 0) is 61.7 Å². The number of halogens is 1. The lowest BCUT2D eigenvalue weighted by molar-refractivity contribution is -0.135. The molecule has 0 unspecified atom stereocenters. The van der Waals surface area contributed by atoms with Gasteiger partial charge in [0.2, 0.25) is 0 Å². The van der Waals surface area contributed by atoms with Crippen molar-refractivity contribution in [1.82, 2.24) is 4.98 Å². The number of nitrogen functional groups attached to an aromatic ring is 1. The number of carbonyl (C=O) groups is 1. The molecular formula is C25H25BrN4O2. The fraction of sp³-hybridized carbons (Fsp3) is 0.320. The Morgan fingerprint density at radius 2 is 2.12 bits per heavy atom. The van der Waals surface area contributed by atoms with E-state index in [2.05, 4.69) is 31.9 Å². The van der Waals surface area contributed by atoms with E-state index < -0.39 is 6.10 Å². The zero-order valence-electron chi connectivity index (χ0n) is 17.9. The fourth-order valence-corrected chi connectivity index (χ4v) is 4.87. The van der Waals surface area contributed by atoms with Crippen LogP contribution < -0.4 is 10.6 Å². The van der Waals surface area contributed by atoms with Crippen LogP contribution in [0.4, 0.5) is 11.4 Å². The topological polar surface area (TPSA) is 92.2 Å². The number of nitriles is 1. The minimum Gasteiger partial charge on any atom is -0.398 e. The maximum absolute atomic E-state index is 13.0.